The first-order chi connectivity index (χ1) is 9.01. The quantitative estimate of drug-likeness (QED) is 0.803. The Balaban J connectivity index is 1.69. The van der Waals surface area contributed by atoms with Crippen molar-refractivity contribution in [2.45, 2.75) is 65.3 Å². The van der Waals surface area contributed by atoms with Gasteiger partial charge in [-0.3, -0.25) is 4.79 Å². The third-order valence-electron chi connectivity index (χ3n) is 5.45. The van der Waals surface area contributed by atoms with Crippen LogP contribution in [0.4, 0.5) is 0 Å². The van der Waals surface area contributed by atoms with Crippen molar-refractivity contribution in [1.82, 2.24) is 10.6 Å². The topological polar surface area (TPSA) is 41.1 Å². The summed E-state index contributed by atoms with van der Waals surface area (Å²) in [5.74, 6) is 1.68. The molecule has 0 spiro atoms. The van der Waals surface area contributed by atoms with Gasteiger partial charge in [-0.15, -0.1) is 0 Å². The number of carbonyl (C=O) groups excluding carboxylic acids is 1. The number of carbonyl (C=O) groups is 1. The fourth-order valence-corrected chi connectivity index (χ4v) is 3.35. The molecule has 3 nitrogen and oxygen atoms in total. The Labute approximate surface area is 117 Å². The van der Waals surface area contributed by atoms with E-state index in [1.807, 2.05) is 0 Å². The van der Waals surface area contributed by atoms with E-state index in [-0.39, 0.29) is 5.91 Å². The van der Waals surface area contributed by atoms with E-state index in [0.717, 1.165) is 19.0 Å². The Hall–Kier alpha value is -0.570. The molecule has 1 amide bonds. The monoisotopic (exact) mass is 266 g/mol. The molecule has 1 aliphatic carbocycles. The molecule has 0 radical (unpaired) electrons. The van der Waals surface area contributed by atoms with E-state index in [1.165, 1.54) is 32.1 Å². The van der Waals surface area contributed by atoms with Crippen LogP contribution in [0.2, 0.25) is 0 Å². The number of amides is 1. The molecule has 0 unspecified atom stereocenters. The fourth-order valence-electron chi connectivity index (χ4n) is 3.35. The Bertz CT molecular complexity index is 302. The van der Waals surface area contributed by atoms with Gasteiger partial charge in [0.05, 0.1) is 0 Å². The van der Waals surface area contributed by atoms with Crippen LogP contribution in [0.15, 0.2) is 0 Å². The van der Waals surface area contributed by atoms with Crippen molar-refractivity contribution in [3.05, 3.63) is 0 Å². The number of rotatable bonds is 5. The molecule has 1 saturated carbocycles. The lowest BCUT2D eigenvalue weighted by Gasteiger charge is -2.39. The smallest absolute Gasteiger partial charge is 0.220 e. The molecule has 2 aliphatic rings. The molecule has 0 bridgehead atoms. The summed E-state index contributed by atoms with van der Waals surface area (Å²) in [5, 5.41) is 6.46. The van der Waals surface area contributed by atoms with Crippen molar-refractivity contribution in [3.8, 4) is 0 Å². The summed E-state index contributed by atoms with van der Waals surface area (Å²) in [6, 6.07) is 0.435. The first kappa shape index (κ1) is 14.8. The summed E-state index contributed by atoms with van der Waals surface area (Å²) in [5.41, 5.74) is 0.465. The minimum Gasteiger partial charge on any atom is -0.353 e. The molecule has 2 rings (SSSR count). The van der Waals surface area contributed by atoms with Crippen LogP contribution in [0.3, 0.4) is 0 Å². The zero-order chi connectivity index (χ0) is 13.9. The average molecular weight is 266 g/mol. The molecular weight excluding hydrogens is 236 g/mol. The third-order valence-corrected chi connectivity index (χ3v) is 5.45. The normalized spacial score (nSPS) is 28.8. The summed E-state index contributed by atoms with van der Waals surface area (Å²) in [6.45, 7) is 9.11. The van der Waals surface area contributed by atoms with Crippen molar-refractivity contribution < 1.29 is 4.79 Å². The molecule has 0 aromatic carbocycles. The van der Waals surface area contributed by atoms with Gasteiger partial charge in [-0.25, -0.2) is 0 Å². The molecule has 0 aromatic rings. The lowest BCUT2D eigenvalue weighted by Crippen LogP contribution is -2.46. The van der Waals surface area contributed by atoms with Gasteiger partial charge in [-0.1, -0.05) is 27.2 Å². The zero-order valence-corrected chi connectivity index (χ0v) is 12.8. The zero-order valence-electron chi connectivity index (χ0n) is 12.8. The van der Waals surface area contributed by atoms with Gasteiger partial charge in [0.2, 0.25) is 5.91 Å². The Kier molecular flexibility index (Phi) is 4.88. The van der Waals surface area contributed by atoms with Gasteiger partial charge in [-0.05, 0) is 56.0 Å². The second-order valence-corrected chi connectivity index (χ2v) is 7.19. The van der Waals surface area contributed by atoms with Gasteiger partial charge in [0, 0.05) is 12.5 Å². The van der Waals surface area contributed by atoms with Crippen LogP contribution in [0.5, 0.6) is 0 Å². The van der Waals surface area contributed by atoms with E-state index >= 15 is 0 Å². The predicted molar refractivity (Wildman–Crippen MR) is 78.9 cm³/mol. The molecular formula is C16H30N2O. The van der Waals surface area contributed by atoms with Gasteiger partial charge in [0.1, 0.15) is 0 Å². The molecule has 3 heteroatoms. The van der Waals surface area contributed by atoms with Gasteiger partial charge in [-0.2, -0.15) is 0 Å². The fraction of sp³-hybridized carbons (Fsp3) is 0.938. The Morgan fingerprint density at radius 2 is 1.84 bits per heavy atom. The Morgan fingerprint density at radius 1 is 1.21 bits per heavy atom. The largest absolute Gasteiger partial charge is 0.353 e. The highest BCUT2D eigenvalue weighted by atomic mass is 16.1. The van der Waals surface area contributed by atoms with E-state index in [4.69, 9.17) is 0 Å². The summed E-state index contributed by atoms with van der Waals surface area (Å²) in [4.78, 5) is 11.9. The minimum atomic E-state index is 0.268. The lowest BCUT2D eigenvalue weighted by molar-refractivity contribution is -0.123. The van der Waals surface area contributed by atoms with Crippen molar-refractivity contribution >= 4 is 5.91 Å². The average Bonchev–Trinajstić information content (AvgIpc) is 2.35. The van der Waals surface area contributed by atoms with Gasteiger partial charge >= 0.3 is 0 Å². The molecule has 2 N–H and O–H groups in total. The molecule has 2 fully saturated rings. The first-order valence-corrected chi connectivity index (χ1v) is 8.01. The van der Waals surface area contributed by atoms with Crippen molar-refractivity contribution in [3.63, 3.8) is 0 Å². The second-order valence-electron chi connectivity index (χ2n) is 7.19. The molecule has 1 aliphatic heterocycles. The maximum Gasteiger partial charge on any atom is 0.220 e. The predicted octanol–water partition coefficient (Wildman–Crippen LogP) is 2.71. The van der Waals surface area contributed by atoms with Crippen LogP contribution in [0, 0.1) is 17.3 Å². The SMILES string of the molecule is CCC(C)(C)C1CCC(NC(=O)CC2CNC2)CC1. The second kappa shape index (κ2) is 6.25. The van der Waals surface area contributed by atoms with Crippen molar-refractivity contribution in [2.24, 2.45) is 17.3 Å². The van der Waals surface area contributed by atoms with Gasteiger partial charge < -0.3 is 10.6 Å². The Morgan fingerprint density at radius 3 is 2.32 bits per heavy atom. The summed E-state index contributed by atoms with van der Waals surface area (Å²) < 4.78 is 0. The molecule has 0 aromatic heterocycles. The van der Waals surface area contributed by atoms with Crippen LogP contribution in [-0.4, -0.2) is 25.0 Å². The van der Waals surface area contributed by atoms with Crippen LogP contribution >= 0.6 is 0 Å². The molecule has 1 saturated heterocycles. The van der Waals surface area contributed by atoms with Crippen LogP contribution in [0.1, 0.15) is 59.3 Å². The molecule has 0 atom stereocenters. The highest BCUT2D eigenvalue weighted by Gasteiger charge is 2.32. The maximum atomic E-state index is 11.9. The molecule has 110 valence electrons. The van der Waals surface area contributed by atoms with Gasteiger partial charge in [0.15, 0.2) is 0 Å². The van der Waals surface area contributed by atoms with E-state index in [9.17, 15) is 4.79 Å². The van der Waals surface area contributed by atoms with E-state index < -0.39 is 0 Å². The number of hydrogen-bond acceptors (Lipinski definition) is 2. The van der Waals surface area contributed by atoms with E-state index in [1.54, 1.807) is 0 Å². The third kappa shape index (κ3) is 3.95. The van der Waals surface area contributed by atoms with Crippen molar-refractivity contribution in [2.75, 3.05) is 13.1 Å². The van der Waals surface area contributed by atoms with Crippen molar-refractivity contribution in [1.29, 1.82) is 0 Å². The molecule has 19 heavy (non-hydrogen) atoms. The summed E-state index contributed by atoms with van der Waals surface area (Å²) in [6.07, 6.45) is 6.86. The van der Waals surface area contributed by atoms with E-state index in [0.29, 0.717) is 23.8 Å². The standard InChI is InChI=1S/C16H30N2O/c1-4-16(2,3)13-5-7-14(8-6-13)18-15(19)9-12-10-17-11-12/h12-14,17H,4-11H2,1-3H3,(H,18,19). The van der Waals surface area contributed by atoms with E-state index in [2.05, 4.69) is 31.4 Å². The highest BCUT2D eigenvalue weighted by Crippen LogP contribution is 2.40. The highest BCUT2D eigenvalue weighted by molar-refractivity contribution is 5.76. The van der Waals surface area contributed by atoms with Crippen LogP contribution < -0.4 is 10.6 Å². The number of hydrogen-bond donors (Lipinski definition) is 2. The van der Waals surface area contributed by atoms with Gasteiger partial charge in [0.25, 0.3) is 0 Å². The van der Waals surface area contributed by atoms with Crippen LogP contribution in [-0.2, 0) is 4.79 Å². The summed E-state index contributed by atoms with van der Waals surface area (Å²) >= 11 is 0. The molecule has 1 heterocycles. The maximum absolute atomic E-state index is 11.9. The minimum absolute atomic E-state index is 0.268. The lowest BCUT2D eigenvalue weighted by atomic mass is 9.69. The van der Waals surface area contributed by atoms with Crippen LogP contribution in [0.25, 0.3) is 0 Å². The first-order valence-electron chi connectivity index (χ1n) is 8.01. The number of nitrogens with one attached hydrogen (secondary N) is 2. The summed E-state index contributed by atoms with van der Waals surface area (Å²) in [7, 11) is 0.